The number of amides is 2. The molecule has 1 saturated carbocycles. The van der Waals surface area contributed by atoms with Crippen molar-refractivity contribution in [3.8, 4) is 0 Å². The van der Waals surface area contributed by atoms with E-state index in [1.54, 1.807) is 6.92 Å². The van der Waals surface area contributed by atoms with Crippen LogP contribution in [0.2, 0.25) is 0 Å². The summed E-state index contributed by atoms with van der Waals surface area (Å²) in [4.78, 5) is 14.4. The maximum Gasteiger partial charge on any atom is 0.318 e. The molecule has 5 nitrogen and oxygen atoms in total. The molecule has 2 fully saturated rings. The van der Waals surface area contributed by atoms with E-state index >= 15 is 0 Å². The molecule has 21 heavy (non-hydrogen) atoms. The van der Waals surface area contributed by atoms with Crippen LogP contribution < -0.4 is 5.32 Å². The molecule has 0 aromatic carbocycles. The molecule has 5 unspecified atom stereocenters. The van der Waals surface area contributed by atoms with Gasteiger partial charge in [0.2, 0.25) is 0 Å². The number of aliphatic hydroxyl groups is 1. The van der Waals surface area contributed by atoms with E-state index in [4.69, 9.17) is 4.74 Å². The van der Waals surface area contributed by atoms with E-state index in [9.17, 15) is 9.90 Å². The number of hydrogen-bond donors (Lipinski definition) is 2. The second kappa shape index (κ2) is 7.45. The van der Waals surface area contributed by atoms with Crippen molar-refractivity contribution in [2.24, 2.45) is 11.8 Å². The molecular weight excluding hydrogens is 268 g/mol. The topological polar surface area (TPSA) is 61.8 Å². The van der Waals surface area contributed by atoms with Crippen molar-refractivity contribution in [2.45, 2.75) is 64.6 Å². The summed E-state index contributed by atoms with van der Waals surface area (Å²) in [5.74, 6) is 1.42. The number of hydrogen-bond acceptors (Lipinski definition) is 3. The van der Waals surface area contributed by atoms with E-state index in [2.05, 4.69) is 19.2 Å². The van der Waals surface area contributed by atoms with Crippen molar-refractivity contribution in [2.75, 3.05) is 19.8 Å². The fraction of sp³-hybridized carbons (Fsp3) is 0.938. The van der Waals surface area contributed by atoms with E-state index < -0.39 is 6.10 Å². The molecule has 5 atom stereocenters. The highest BCUT2D eigenvalue weighted by Gasteiger charge is 2.31. The first-order chi connectivity index (χ1) is 9.97. The third kappa shape index (κ3) is 4.58. The van der Waals surface area contributed by atoms with E-state index in [0.717, 1.165) is 18.8 Å². The van der Waals surface area contributed by atoms with E-state index in [1.165, 1.54) is 6.42 Å². The highest BCUT2D eigenvalue weighted by molar-refractivity contribution is 5.75. The minimum absolute atomic E-state index is 0.00991. The van der Waals surface area contributed by atoms with Crippen LogP contribution in [-0.2, 0) is 4.74 Å². The lowest BCUT2D eigenvalue weighted by molar-refractivity contribution is -0.00529. The number of urea groups is 1. The molecule has 1 aliphatic heterocycles. The van der Waals surface area contributed by atoms with E-state index in [1.807, 2.05) is 4.90 Å². The number of morpholine rings is 1. The SMILES string of the molecule is CC(O)CC1COCCN1C(=O)NC1CCC(C)C(C)C1. The molecule has 0 spiro atoms. The molecule has 122 valence electrons. The zero-order valence-corrected chi connectivity index (χ0v) is 13.5. The molecular formula is C16H30N2O3. The van der Waals surface area contributed by atoms with Gasteiger partial charge in [0.15, 0.2) is 0 Å². The summed E-state index contributed by atoms with van der Waals surface area (Å²) in [5, 5.41) is 12.8. The van der Waals surface area contributed by atoms with Gasteiger partial charge in [0, 0.05) is 12.6 Å². The smallest absolute Gasteiger partial charge is 0.318 e. The molecule has 5 heteroatoms. The summed E-state index contributed by atoms with van der Waals surface area (Å²) in [7, 11) is 0. The second-order valence-electron chi connectivity index (χ2n) is 6.92. The molecule has 2 aliphatic rings. The summed E-state index contributed by atoms with van der Waals surface area (Å²) in [6, 6.07) is 0.285. The van der Waals surface area contributed by atoms with E-state index in [0.29, 0.717) is 38.1 Å². The summed E-state index contributed by atoms with van der Waals surface area (Å²) in [6.07, 6.45) is 3.49. The monoisotopic (exact) mass is 298 g/mol. The third-order valence-electron chi connectivity index (χ3n) is 5.03. The third-order valence-corrected chi connectivity index (χ3v) is 5.03. The van der Waals surface area contributed by atoms with Crippen LogP contribution in [0.1, 0.15) is 46.5 Å². The molecule has 0 bridgehead atoms. The summed E-state index contributed by atoms with van der Waals surface area (Å²) >= 11 is 0. The Bertz CT molecular complexity index is 348. The van der Waals surface area contributed by atoms with Crippen molar-refractivity contribution in [1.29, 1.82) is 0 Å². The number of aliphatic hydroxyl groups excluding tert-OH is 1. The fourth-order valence-corrected chi connectivity index (χ4v) is 3.45. The largest absolute Gasteiger partial charge is 0.393 e. The molecule has 1 heterocycles. The van der Waals surface area contributed by atoms with Crippen LogP contribution in [0.5, 0.6) is 0 Å². The first-order valence-corrected chi connectivity index (χ1v) is 8.30. The van der Waals surface area contributed by atoms with Gasteiger partial charge in [-0.2, -0.15) is 0 Å². The van der Waals surface area contributed by atoms with Crippen molar-refractivity contribution in [3.63, 3.8) is 0 Å². The number of ether oxygens (including phenoxy) is 1. The Morgan fingerprint density at radius 1 is 1.38 bits per heavy atom. The molecule has 2 amide bonds. The van der Waals surface area contributed by atoms with Gasteiger partial charge in [-0.05, 0) is 44.4 Å². The molecule has 1 saturated heterocycles. The maximum atomic E-state index is 12.5. The molecule has 0 aromatic heterocycles. The number of rotatable bonds is 3. The van der Waals surface area contributed by atoms with Crippen molar-refractivity contribution < 1.29 is 14.6 Å². The Morgan fingerprint density at radius 2 is 2.14 bits per heavy atom. The second-order valence-corrected chi connectivity index (χ2v) is 6.92. The summed E-state index contributed by atoms with van der Waals surface area (Å²) in [6.45, 7) is 8.05. The van der Waals surface area contributed by atoms with Gasteiger partial charge in [0.25, 0.3) is 0 Å². The van der Waals surface area contributed by atoms with Crippen LogP contribution in [0.4, 0.5) is 4.79 Å². The van der Waals surface area contributed by atoms with Gasteiger partial charge in [-0.15, -0.1) is 0 Å². The zero-order valence-electron chi connectivity index (χ0n) is 13.5. The number of nitrogens with one attached hydrogen (secondary N) is 1. The minimum atomic E-state index is -0.414. The van der Waals surface area contributed by atoms with E-state index in [-0.39, 0.29) is 12.1 Å². The Morgan fingerprint density at radius 3 is 2.81 bits per heavy atom. The van der Waals surface area contributed by atoms with Crippen LogP contribution in [0.15, 0.2) is 0 Å². The maximum absolute atomic E-state index is 12.5. The lowest BCUT2D eigenvalue weighted by Gasteiger charge is -2.39. The Labute approximate surface area is 128 Å². The lowest BCUT2D eigenvalue weighted by Crippen LogP contribution is -2.55. The predicted molar refractivity (Wildman–Crippen MR) is 82.1 cm³/mol. The minimum Gasteiger partial charge on any atom is -0.393 e. The van der Waals surface area contributed by atoms with Crippen molar-refractivity contribution >= 4 is 6.03 Å². The van der Waals surface area contributed by atoms with Gasteiger partial charge in [0.05, 0.1) is 25.4 Å². The fourth-order valence-electron chi connectivity index (χ4n) is 3.45. The van der Waals surface area contributed by atoms with Gasteiger partial charge in [-0.3, -0.25) is 0 Å². The molecule has 0 radical (unpaired) electrons. The van der Waals surface area contributed by atoms with Crippen LogP contribution in [0.3, 0.4) is 0 Å². The first-order valence-electron chi connectivity index (χ1n) is 8.30. The molecule has 2 N–H and O–H groups in total. The molecule has 1 aliphatic carbocycles. The molecule has 2 rings (SSSR count). The van der Waals surface area contributed by atoms with Crippen LogP contribution in [0, 0.1) is 11.8 Å². The lowest BCUT2D eigenvalue weighted by atomic mass is 9.79. The van der Waals surface area contributed by atoms with Crippen molar-refractivity contribution in [1.82, 2.24) is 10.2 Å². The average Bonchev–Trinajstić information content (AvgIpc) is 2.43. The van der Waals surface area contributed by atoms with Gasteiger partial charge >= 0.3 is 6.03 Å². The Kier molecular flexibility index (Phi) is 5.88. The molecule has 0 aromatic rings. The normalized spacial score (nSPS) is 35.3. The number of carbonyl (C=O) groups is 1. The van der Waals surface area contributed by atoms with Crippen LogP contribution in [-0.4, -0.2) is 54.0 Å². The zero-order chi connectivity index (χ0) is 15.4. The van der Waals surface area contributed by atoms with Gasteiger partial charge in [0.1, 0.15) is 0 Å². The highest BCUT2D eigenvalue weighted by atomic mass is 16.5. The Hall–Kier alpha value is -0.810. The van der Waals surface area contributed by atoms with Crippen LogP contribution in [0.25, 0.3) is 0 Å². The Balaban J connectivity index is 1.88. The standard InChI is InChI=1S/C16H30N2O3/c1-11-4-5-14(8-12(11)2)17-16(20)18-6-7-21-10-15(18)9-13(3)19/h11-15,19H,4-10H2,1-3H3,(H,17,20). The number of carbonyl (C=O) groups excluding carboxylic acids is 1. The quantitative estimate of drug-likeness (QED) is 0.837. The highest BCUT2D eigenvalue weighted by Crippen LogP contribution is 2.29. The van der Waals surface area contributed by atoms with Gasteiger partial charge < -0.3 is 20.1 Å². The average molecular weight is 298 g/mol. The summed E-state index contributed by atoms with van der Waals surface area (Å²) in [5.41, 5.74) is 0. The first kappa shape index (κ1) is 16.6. The summed E-state index contributed by atoms with van der Waals surface area (Å²) < 4.78 is 5.45. The predicted octanol–water partition coefficient (Wildman–Crippen LogP) is 1.99. The van der Waals surface area contributed by atoms with Crippen molar-refractivity contribution in [3.05, 3.63) is 0 Å². The number of nitrogens with zero attached hydrogens (tertiary/aromatic N) is 1. The van der Waals surface area contributed by atoms with Crippen LogP contribution >= 0.6 is 0 Å². The van der Waals surface area contributed by atoms with Gasteiger partial charge in [-0.25, -0.2) is 4.79 Å². The van der Waals surface area contributed by atoms with Gasteiger partial charge in [-0.1, -0.05) is 13.8 Å².